The molecule has 6 nitrogen and oxygen atoms in total. The molecule has 7 heteroatoms. The normalized spacial score (nSPS) is 19.8. The molecular formula is C27H33FN2O4. The lowest BCUT2D eigenvalue weighted by Crippen LogP contribution is -2.44. The number of hydrogen-bond donors (Lipinski definition) is 1. The average Bonchev–Trinajstić information content (AvgIpc) is 3.38. The van der Waals surface area contributed by atoms with Gasteiger partial charge in [0.05, 0.1) is 31.1 Å². The molecule has 0 radical (unpaired) electrons. The van der Waals surface area contributed by atoms with E-state index in [1.54, 1.807) is 31.9 Å². The highest BCUT2D eigenvalue weighted by molar-refractivity contribution is 5.83. The van der Waals surface area contributed by atoms with Crippen LogP contribution in [0.3, 0.4) is 0 Å². The van der Waals surface area contributed by atoms with Crippen molar-refractivity contribution >= 4 is 16.9 Å². The number of carboxylic acids is 1. The number of furan rings is 1. The second kappa shape index (κ2) is 11.5. The number of carboxylic acid groups (broad SMARTS) is 1. The molecule has 4 rings (SSSR count). The van der Waals surface area contributed by atoms with Crippen LogP contribution in [0.5, 0.6) is 5.75 Å². The van der Waals surface area contributed by atoms with E-state index in [0.29, 0.717) is 30.7 Å². The highest BCUT2D eigenvalue weighted by Crippen LogP contribution is 2.35. The number of ether oxygens (including phenoxy) is 1. The predicted octanol–water partition coefficient (Wildman–Crippen LogP) is 5.67. The van der Waals surface area contributed by atoms with E-state index >= 15 is 4.39 Å². The number of likely N-dealkylation sites (tertiary alicyclic amines) is 1. The number of hydrogen-bond acceptors (Lipinski definition) is 5. The molecule has 1 saturated heterocycles. The maximum Gasteiger partial charge on any atom is 0.308 e. The Kier molecular flexibility index (Phi) is 8.16. The summed E-state index contributed by atoms with van der Waals surface area (Å²) in [5.74, 6) is -0.579. The van der Waals surface area contributed by atoms with Crippen molar-refractivity contribution in [2.75, 3.05) is 26.7 Å². The van der Waals surface area contributed by atoms with E-state index < -0.39 is 18.1 Å². The molecule has 1 N–H and O–H groups in total. The zero-order valence-corrected chi connectivity index (χ0v) is 19.7. The molecule has 0 spiro atoms. The van der Waals surface area contributed by atoms with Crippen molar-refractivity contribution in [2.45, 2.75) is 44.7 Å². The fraction of sp³-hybridized carbons (Fsp3) is 0.481. The van der Waals surface area contributed by atoms with Gasteiger partial charge in [-0.15, -0.1) is 0 Å². The fourth-order valence-corrected chi connectivity index (χ4v) is 5.06. The van der Waals surface area contributed by atoms with Gasteiger partial charge in [-0.2, -0.15) is 0 Å². The number of aliphatic carboxylic acids is 1. The number of piperidine rings is 1. The molecule has 1 aliphatic rings. The lowest BCUT2D eigenvalue weighted by molar-refractivity contribution is -0.146. The third kappa shape index (κ3) is 5.95. The molecule has 0 aliphatic carbocycles. The monoisotopic (exact) mass is 468 g/mol. The summed E-state index contributed by atoms with van der Waals surface area (Å²) >= 11 is 0. The first kappa shape index (κ1) is 24.2. The molecule has 3 atom stereocenters. The summed E-state index contributed by atoms with van der Waals surface area (Å²) in [5.41, 5.74) is 2.51. The summed E-state index contributed by atoms with van der Waals surface area (Å²) in [6.07, 6.45) is 8.60. The van der Waals surface area contributed by atoms with Gasteiger partial charge >= 0.3 is 5.97 Å². The third-order valence-electron chi connectivity index (χ3n) is 7.04. The SMILES string of the molecule is COc1ccc2nccc(C(F)CC[C@@H]3CCN(CCCCc4ccoc4)C[C@@H]3C(=O)O)c2c1. The Labute approximate surface area is 199 Å². The Morgan fingerprint density at radius 1 is 1.32 bits per heavy atom. The molecule has 0 saturated carbocycles. The number of benzene rings is 1. The summed E-state index contributed by atoms with van der Waals surface area (Å²) in [7, 11) is 1.59. The lowest BCUT2D eigenvalue weighted by Gasteiger charge is -2.37. The van der Waals surface area contributed by atoms with Gasteiger partial charge in [-0.1, -0.05) is 0 Å². The quantitative estimate of drug-likeness (QED) is 0.365. The van der Waals surface area contributed by atoms with E-state index in [1.165, 1.54) is 5.56 Å². The number of rotatable bonds is 11. The number of halogens is 1. The largest absolute Gasteiger partial charge is 0.497 e. The summed E-state index contributed by atoms with van der Waals surface area (Å²) in [6, 6.07) is 9.16. The molecule has 34 heavy (non-hydrogen) atoms. The molecule has 3 aromatic rings. The number of methoxy groups -OCH3 is 1. The van der Waals surface area contributed by atoms with Crippen LogP contribution in [0.15, 0.2) is 53.5 Å². The van der Waals surface area contributed by atoms with Crippen LogP contribution in [0.25, 0.3) is 10.9 Å². The molecule has 1 aromatic carbocycles. The maximum atomic E-state index is 15.3. The Balaban J connectivity index is 1.31. The maximum absolute atomic E-state index is 15.3. The number of unbranched alkanes of at least 4 members (excludes halogenated alkanes) is 1. The second-order valence-corrected chi connectivity index (χ2v) is 9.21. The minimum absolute atomic E-state index is 0.0134. The Morgan fingerprint density at radius 2 is 2.21 bits per heavy atom. The molecule has 1 unspecified atom stereocenters. The molecule has 0 amide bonds. The topological polar surface area (TPSA) is 75.8 Å². The number of aromatic nitrogens is 1. The molecule has 1 fully saturated rings. The van der Waals surface area contributed by atoms with Crippen LogP contribution in [0.4, 0.5) is 4.39 Å². The van der Waals surface area contributed by atoms with E-state index in [0.717, 1.165) is 49.7 Å². The van der Waals surface area contributed by atoms with Crippen molar-refractivity contribution in [3.05, 3.63) is 60.2 Å². The summed E-state index contributed by atoms with van der Waals surface area (Å²) in [6.45, 7) is 2.30. The molecular weight excluding hydrogens is 435 g/mol. The van der Waals surface area contributed by atoms with Crippen LogP contribution in [0.1, 0.15) is 49.4 Å². The van der Waals surface area contributed by atoms with E-state index in [9.17, 15) is 9.90 Å². The summed E-state index contributed by atoms with van der Waals surface area (Å²) in [4.78, 5) is 18.6. The zero-order valence-electron chi connectivity index (χ0n) is 19.7. The van der Waals surface area contributed by atoms with Crippen molar-refractivity contribution in [2.24, 2.45) is 11.8 Å². The van der Waals surface area contributed by atoms with Crippen LogP contribution in [0.2, 0.25) is 0 Å². The lowest BCUT2D eigenvalue weighted by atomic mass is 9.81. The van der Waals surface area contributed by atoms with Gasteiger partial charge in [0.1, 0.15) is 11.9 Å². The van der Waals surface area contributed by atoms with Gasteiger partial charge in [-0.3, -0.25) is 9.78 Å². The second-order valence-electron chi connectivity index (χ2n) is 9.21. The fourth-order valence-electron chi connectivity index (χ4n) is 5.06. The summed E-state index contributed by atoms with van der Waals surface area (Å²) in [5, 5.41) is 10.6. The van der Waals surface area contributed by atoms with Crippen LogP contribution in [-0.2, 0) is 11.2 Å². The van der Waals surface area contributed by atoms with Gasteiger partial charge in [0, 0.05) is 18.1 Å². The number of aryl methyl sites for hydroxylation is 1. The highest BCUT2D eigenvalue weighted by Gasteiger charge is 2.34. The van der Waals surface area contributed by atoms with E-state index in [2.05, 4.69) is 9.88 Å². The molecule has 1 aliphatic heterocycles. The van der Waals surface area contributed by atoms with Gasteiger partial charge in [0.15, 0.2) is 0 Å². The van der Waals surface area contributed by atoms with Crippen molar-refractivity contribution < 1.29 is 23.4 Å². The van der Waals surface area contributed by atoms with Crippen molar-refractivity contribution in [3.8, 4) is 5.75 Å². The number of pyridine rings is 1. The molecule has 3 heterocycles. The first-order valence-electron chi connectivity index (χ1n) is 12.1. The van der Waals surface area contributed by atoms with Crippen LogP contribution in [0, 0.1) is 11.8 Å². The van der Waals surface area contributed by atoms with Crippen molar-refractivity contribution in [3.63, 3.8) is 0 Å². The standard InChI is InChI=1S/C27H33FN2O4/c1-33-21-6-8-26-23(16-21)22(9-12-29-26)25(28)7-5-20-10-14-30(17-24(20)27(31)32)13-3-2-4-19-11-15-34-18-19/h6,8-9,11-12,15-16,18,20,24-25H,2-5,7,10,13-14,17H2,1H3,(H,31,32)/t20-,24+,25?/m1/s1. The molecule has 182 valence electrons. The highest BCUT2D eigenvalue weighted by atomic mass is 19.1. The number of alkyl halides is 1. The Bertz CT molecular complexity index is 1070. The number of nitrogens with zero attached hydrogens (tertiary/aromatic N) is 2. The Hall–Kier alpha value is -2.93. The first-order chi connectivity index (χ1) is 16.5. The van der Waals surface area contributed by atoms with Gasteiger partial charge in [0.25, 0.3) is 0 Å². The van der Waals surface area contributed by atoms with Gasteiger partial charge in [-0.25, -0.2) is 4.39 Å². The average molecular weight is 469 g/mol. The van der Waals surface area contributed by atoms with Crippen molar-refractivity contribution in [1.29, 1.82) is 0 Å². The summed E-state index contributed by atoms with van der Waals surface area (Å²) < 4.78 is 25.7. The van der Waals surface area contributed by atoms with E-state index in [4.69, 9.17) is 9.15 Å². The van der Waals surface area contributed by atoms with Crippen LogP contribution < -0.4 is 4.74 Å². The van der Waals surface area contributed by atoms with Gasteiger partial charge in [0.2, 0.25) is 0 Å². The number of carbonyl (C=O) groups is 1. The van der Waals surface area contributed by atoms with Gasteiger partial charge in [-0.05, 0) is 99.0 Å². The predicted molar refractivity (Wildman–Crippen MR) is 129 cm³/mol. The van der Waals surface area contributed by atoms with E-state index in [-0.39, 0.29) is 5.92 Å². The molecule has 2 aromatic heterocycles. The van der Waals surface area contributed by atoms with Crippen molar-refractivity contribution in [1.82, 2.24) is 9.88 Å². The molecule has 0 bridgehead atoms. The van der Waals surface area contributed by atoms with Crippen LogP contribution in [-0.4, -0.2) is 47.7 Å². The minimum atomic E-state index is -1.17. The Morgan fingerprint density at radius 3 is 2.97 bits per heavy atom. The zero-order chi connectivity index (χ0) is 23.9. The first-order valence-corrected chi connectivity index (χ1v) is 12.1. The van der Waals surface area contributed by atoms with Gasteiger partial charge < -0.3 is 19.2 Å². The smallest absolute Gasteiger partial charge is 0.308 e. The van der Waals surface area contributed by atoms with Crippen LogP contribution >= 0.6 is 0 Å². The van der Waals surface area contributed by atoms with E-state index in [1.807, 2.05) is 24.3 Å². The minimum Gasteiger partial charge on any atom is -0.497 e. The number of fused-ring (bicyclic) bond motifs is 1. The third-order valence-corrected chi connectivity index (χ3v) is 7.04.